The van der Waals surface area contributed by atoms with Crippen LogP contribution in [0.5, 0.6) is 0 Å². The number of rotatable bonds is 3. The molecule has 0 unspecified atom stereocenters. The molecule has 1 amide bonds. The third-order valence-electron chi connectivity index (χ3n) is 5.16. The Morgan fingerprint density at radius 2 is 1.58 bits per heavy atom. The number of carbonyl (C=O) groups excluding carboxylic acids is 1. The highest BCUT2D eigenvalue weighted by Crippen LogP contribution is 2.20. The average Bonchev–Trinajstić information content (AvgIpc) is 3.23. The number of nitrogens with zero attached hydrogens (tertiary/aromatic N) is 5. The Balaban J connectivity index is 1.45. The molecule has 26 heavy (non-hydrogen) atoms. The van der Waals surface area contributed by atoms with Gasteiger partial charge in [-0.05, 0) is 31.9 Å². The zero-order valence-electron chi connectivity index (χ0n) is 15.3. The standard InChI is InChI=1S/C20H25N5O/c1-16-21-18(15-19(22-16)24-9-5-6-10-24)20(26)25-13-11-23(12-14-25)17-7-3-2-4-8-17/h2-4,7-8,15H,5-6,9-14H2,1H3. The molecular formula is C20H25N5O. The zero-order chi connectivity index (χ0) is 17.9. The van der Waals surface area contributed by atoms with Crippen molar-refractivity contribution in [2.24, 2.45) is 0 Å². The Kier molecular flexibility index (Phi) is 4.73. The van der Waals surface area contributed by atoms with E-state index in [1.165, 1.54) is 18.5 Å². The number of amides is 1. The van der Waals surface area contributed by atoms with Crippen LogP contribution in [0.15, 0.2) is 36.4 Å². The molecule has 136 valence electrons. The maximum atomic E-state index is 13.0. The Hall–Kier alpha value is -2.63. The minimum absolute atomic E-state index is 0.0173. The normalized spacial score (nSPS) is 17.7. The van der Waals surface area contributed by atoms with Gasteiger partial charge in [0.25, 0.3) is 5.91 Å². The van der Waals surface area contributed by atoms with Gasteiger partial charge in [-0.25, -0.2) is 9.97 Å². The van der Waals surface area contributed by atoms with Crippen molar-refractivity contribution in [3.05, 3.63) is 47.9 Å². The lowest BCUT2D eigenvalue weighted by atomic mass is 10.2. The summed E-state index contributed by atoms with van der Waals surface area (Å²) in [4.78, 5) is 28.4. The molecule has 4 rings (SSSR count). The molecule has 2 saturated heterocycles. The van der Waals surface area contributed by atoms with E-state index in [2.05, 4.69) is 44.0 Å². The molecule has 6 heteroatoms. The van der Waals surface area contributed by atoms with Crippen LogP contribution in [-0.2, 0) is 0 Å². The van der Waals surface area contributed by atoms with Crippen LogP contribution < -0.4 is 9.80 Å². The molecule has 1 aromatic heterocycles. The smallest absolute Gasteiger partial charge is 0.272 e. The number of benzene rings is 1. The van der Waals surface area contributed by atoms with E-state index in [-0.39, 0.29) is 5.91 Å². The van der Waals surface area contributed by atoms with E-state index in [0.29, 0.717) is 11.5 Å². The summed E-state index contributed by atoms with van der Waals surface area (Å²) in [5.74, 6) is 1.57. The van der Waals surface area contributed by atoms with Gasteiger partial charge in [-0.2, -0.15) is 0 Å². The zero-order valence-corrected chi connectivity index (χ0v) is 15.3. The van der Waals surface area contributed by atoms with Gasteiger partial charge >= 0.3 is 0 Å². The number of aryl methyl sites for hydroxylation is 1. The Morgan fingerprint density at radius 3 is 2.27 bits per heavy atom. The predicted octanol–water partition coefficient (Wildman–Crippen LogP) is 2.35. The number of piperazine rings is 1. The summed E-state index contributed by atoms with van der Waals surface area (Å²) in [7, 11) is 0. The highest BCUT2D eigenvalue weighted by molar-refractivity contribution is 5.93. The van der Waals surface area contributed by atoms with Crippen LogP contribution in [0.2, 0.25) is 0 Å². The first-order valence-corrected chi connectivity index (χ1v) is 9.40. The topological polar surface area (TPSA) is 52.6 Å². The molecule has 0 radical (unpaired) electrons. The summed E-state index contributed by atoms with van der Waals surface area (Å²) in [6, 6.07) is 12.2. The third-order valence-corrected chi connectivity index (χ3v) is 5.16. The largest absolute Gasteiger partial charge is 0.368 e. The van der Waals surface area contributed by atoms with E-state index in [4.69, 9.17) is 0 Å². The number of hydrogen-bond donors (Lipinski definition) is 0. The molecule has 2 aliphatic rings. The van der Waals surface area contributed by atoms with Gasteiger partial charge in [0, 0.05) is 51.0 Å². The second kappa shape index (κ2) is 7.32. The monoisotopic (exact) mass is 351 g/mol. The number of hydrogen-bond acceptors (Lipinski definition) is 5. The molecule has 0 N–H and O–H groups in total. The van der Waals surface area contributed by atoms with E-state index in [1.807, 2.05) is 24.0 Å². The molecule has 2 aliphatic heterocycles. The molecule has 0 spiro atoms. The van der Waals surface area contributed by atoms with Gasteiger partial charge in [0.15, 0.2) is 0 Å². The first kappa shape index (κ1) is 16.8. The minimum Gasteiger partial charge on any atom is -0.368 e. The number of carbonyl (C=O) groups is 1. The lowest BCUT2D eigenvalue weighted by molar-refractivity contribution is 0.0740. The molecule has 2 fully saturated rings. The summed E-state index contributed by atoms with van der Waals surface area (Å²) in [5.41, 5.74) is 1.74. The van der Waals surface area contributed by atoms with Gasteiger partial charge in [-0.3, -0.25) is 4.79 Å². The number of aromatic nitrogens is 2. The van der Waals surface area contributed by atoms with E-state index in [1.54, 1.807) is 0 Å². The summed E-state index contributed by atoms with van der Waals surface area (Å²) in [6.07, 6.45) is 2.38. The van der Waals surface area contributed by atoms with Crippen LogP contribution in [0.4, 0.5) is 11.5 Å². The first-order chi connectivity index (χ1) is 12.7. The minimum atomic E-state index is 0.0173. The fourth-order valence-corrected chi connectivity index (χ4v) is 3.74. The van der Waals surface area contributed by atoms with Gasteiger partial charge in [0.2, 0.25) is 0 Å². The fourth-order valence-electron chi connectivity index (χ4n) is 3.74. The van der Waals surface area contributed by atoms with Crippen LogP contribution in [-0.4, -0.2) is 60.0 Å². The molecule has 0 saturated carbocycles. The second-order valence-electron chi connectivity index (χ2n) is 6.97. The maximum absolute atomic E-state index is 13.0. The van der Waals surface area contributed by atoms with Crippen LogP contribution in [0.3, 0.4) is 0 Å². The fraction of sp³-hybridized carbons (Fsp3) is 0.450. The van der Waals surface area contributed by atoms with Gasteiger partial charge in [0.1, 0.15) is 17.3 Å². The molecule has 6 nitrogen and oxygen atoms in total. The first-order valence-electron chi connectivity index (χ1n) is 9.40. The lowest BCUT2D eigenvalue weighted by Gasteiger charge is -2.36. The highest BCUT2D eigenvalue weighted by Gasteiger charge is 2.25. The predicted molar refractivity (Wildman–Crippen MR) is 103 cm³/mol. The van der Waals surface area contributed by atoms with Crippen molar-refractivity contribution in [1.82, 2.24) is 14.9 Å². The van der Waals surface area contributed by atoms with E-state index in [9.17, 15) is 4.79 Å². The molecule has 0 atom stereocenters. The van der Waals surface area contributed by atoms with Gasteiger partial charge in [-0.1, -0.05) is 18.2 Å². The van der Waals surface area contributed by atoms with E-state index < -0.39 is 0 Å². The van der Waals surface area contributed by atoms with Crippen LogP contribution in [0.25, 0.3) is 0 Å². The van der Waals surface area contributed by atoms with E-state index >= 15 is 0 Å². The maximum Gasteiger partial charge on any atom is 0.272 e. The second-order valence-corrected chi connectivity index (χ2v) is 6.97. The third kappa shape index (κ3) is 3.49. The molecule has 2 aromatic rings. The molecule has 0 aliphatic carbocycles. The van der Waals surface area contributed by atoms with Crippen LogP contribution in [0, 0.1) is 6.92 Å². The Labute approximate surface area is 154 Å². The van der Waals surface area contributed by atoms with Crippen molar-refractivity contribution >= 4 is 17.4 Å². The van der Waals surface area contributed by atoms with Gasteiger partial charge in [-0.15, -0.1) is 0 Å². The summed E-state index contributed by atoms with van der Waals surface area (Å²) in [6.45, 7) is 7.02. The average molecular weight is 351 g/mol. The Morgan fingerprint density at radius 1 is 0.885 bits per heavy atom. The van der Waals surface area contributed by atoms with E-state index in [0.717, 1.165) is 45.1 Å². The van der Waals surface area contributed by atoms with Crippen molar-refractivity contribution in [2.75, 3.05) is 49.1 Å². The van der Waals surface area contributed by atoms with Gasteiger partial charge in [0.05, 0.1) is 0 Å². The highest BCUT2D eigenvalue weighted by atomic mass is 16.2. The molecule has 3 heterocycles. The van der Waals surface area contributed by atoms with Crippen LogP contribution in [0.1, 0.15) is 29.2 Å². The van der Waals surface area contributed by atoms with Crippen LogP contribution >= 0.6 is 0 Å². The molecule has 0 bridgehead atoms. The van der Waals surface area contributed by atoms with Crippen molar-refractivity contribution in [2.45, 2.75) is 19.8 Å². The van der Waals surface area contributed by atoms with Crippen molar-refractivity contribution < 1.29 is 4.79 Å². The molecular weight excluding hydrogens is 326 g/mol. The van der Waals surface area contributed by atoms with Crippen molar-refractivity contribution in [3.8, 4) is 0 Å². The molecule has 1 aromatic carbocycles. The SMILES string of the molecule is Cc1nc(C(=O)N2CCN(c3ccccc3)CC2)cc(N2CCCC2)n1. The quantitative estimate of drug-likeness (QED) is 0.850. The van der Waals surface area contributed by atoms with Crippen molar-refractivity contribution in [3.63, 3.8) is 0 Å². The lowest BCUT2D eigenvalue weighted by Crippen LogP contribution is -2.49. The summed E-state index contributed by atoms with van der Waals surface area (Å²) in [5, 5.41) is 0. The van der Waals surface area contributed by atoms with Crippen molar-refractivity contribution in [1.29, 1.82) is 0 Å². The number of anilines is 2. The van der Waals surface area contributed by atoms with Gasteiger partial charge < -0.3 is 14.7 Å². The summed E-state index contributed by atoms with van der Waals surface area (Å²) >= 11 is 0. The number of para-hydroxylation sites is 1. The Bertz CT molecular complexity index is 765. The summed E-state index contributed by atoms with van der Waals surface area (Å²) < 4.78 is 0.